The summed E-state index contributed by atoms with van der Waals surface area (Å²) in [7, 11) is 0. The second kappa shape index (κ2) is 15.9. The van der Waals surface area contributed by atoms with Crippen LogP contribution in [0.15, 0.2) is 6.20 Å². The largest absolute Gasteiger partial charge is 0.395 e. The molecule has 0 spiro atoms. The Balaban J connectivity index is 1.71. The van der Waals surface area contributed by atoms with Gasteiger partial charge in [-0.05, 0) is 68.7 Å². The Hall–Kier alpha value is -1.43. The smallest absolute Gasteiger partial charge is 0.135 e. The molecule has 2 atom stereocenters. The van der Waals surface area contributed by atoms with E-state index in [1.54, 1.807) is 4.68 Å². The molecule has 2 rings (SSSR count). The second-order valence-electron chi connectivity index (χ2n) is 13.8. The molecule has 41 heavy (non-hydrogen) atoms. The normalized spacial score (nSPS) is 18.8. The molecule has 0 saturated carbocycles. The van der Waals surface area contributed by atoms with Crippen molar-refractivity contribution < 1.29 is 24.1 Å². The molecule has 1 aliphatic rings. The lowest BCUT2D eigenvalue weighted by Gasteiger charge is -2.49. The molecule has 1 aromatic heterocycles. The van der Waals surface area contributed by atoms with Gasteiger partial charge < -0.3 is 19.3 Å². The lowest BCUT2D eigenvalue weighted by molar-refractivity contribution is -0.138. The van der Waals surface area contributed by atoms with Crippen molar-refractivity contribution in [3.05, 3.63) is 11.9 Å². The van der Waals surface area contributed by atoms with E-state index in [1.807, 2.05) is 40.8 Å². The molecule has 10 nitrogen and oxygen atoms in total. The molecule has 1 saturated heterocycles. The van der Waals surface area contributed by atoms with Crippen molar-refractivity contribution in [1.29, 1.82) is 0 Å². The van der Waals surface area contributed by atoms with Crippen LogP contribution in [0.25, 0.3) is 0 Å². The van der Waals surface area contributed by atoms with Crippen molar-refractivity contribution in [2.45, 2.75) is 136 Å². The molecule has 1 aliphatic heterocycles. The summed E-state index contributed by atoms with van der Waals surface area (Å²) in [6.07, 6.45) is 4.55. The van der Waals surface area contributed by atoms with Crippen molar-refractivity contribution >= 4 is 5.78 Å². The minimum absolute atomic E-state index is 0.000839. The average Bonchev–Trinajstić information content (AvgIpc) is 3.33. The summed E-state index contributed by atoms with van der Waals surface area (Å²) in [5.41, 5.74) is -0.0829. The number of hydrogen-bond acceptors (Lipinski definition) is 9. The predicted octanol–water partition coefficient (Wildman–Crippen LogP) is 3.74. The highest BCUT2D eigenvalue weighted by Gasteiger charge is 2.35. The highest BCUT2D eigenvalue weighted by atomic mass is 16.6. The molecular weight excluding hydrogens is 522 g/mol. The molecule has 238 valence electrons. The minimum Gasteiger partial charge on any atom is -0.395 e. The van der Waals surface area contributed by atoms with Gasteiger partial charge in [0, 0.05) is 69.3 Å². The standard InChI is InChI=1S/C31H59N5O5/c1-11-28(38)19-30(7,8)41-23-31(9,10)40-17-15-35-20-26(32-33-35)18-25(4)39-16-12-29(5,6)34-13-14-36(24(2)3)27(21-34)22-37/h20,24-25,27,37H,11-19,21-23H2,1-10H3. The third-order valence-electron chi connectivity index (χ3n) is 8.10. The number of aromatic nitrogens is 3. The maximum Gasteiger partial charge on any atom is 0.135 e. The Morgan fingerprint density at radius 3 is 2.41 bits per heavy atom. The Morgan fingerprint density at radius 1 is 1.07 bits per heavy atom. The first-order valence-electron chi connectivity index (χ1n) is 15.5. The maximum absolute atomic E-state index is 11.8. The molecule has 0 aliphatic carbocycles. The van der Waals surface area contributed by atoms with E-state index in [0.29, 0.717) is 51.7 Å². The van der Waals surface area contributed by atoms with E-state index in [1.165, 1.54) is 0 Å². The van der Waals surface area contributed by atoms with E-state index in [-0.39, 0.29) is 30.1 Å². The first-order chi connectivity index (χ1) is 19.1. The number of rotatable bonds is 19. The Bertz CT molecular complexity index is 916. The third-order valence-corrected chi connectivity index (χ3v) is 8.10. The van der Waals surface area contributed by atoms with Gasteiger partial charge in [0.1, 0.15) is 5.78 Å². The number of ketones is 1. The monoisotopic (exact) mass is 581 g/mol. The first kappa shape index (κ1) is 35.8. The van der Waals surface area contributed by atoms with Gasteiger partial charge in [-0.1, -0.05) is 12.1 Å². The molecule has 2 heterocycles. The van der Waals surface area contributed by atoms with E-state index in [0.717, 1.165) is 31.7 Å². The lowest BCUT2D eigenvalue weighted by Crippen LogP contribution is -2.61. The maximum atomic E-state index is 11.8. The molecule has 2 unspecified atom stereocenters. The molecule has 0 radical (unpaired) electrons. The van der Waals surface area contributed by atoms with Gasteiger partial charge in [0.25, 0.3) is 0 Å². The molecular formula is C31H59N5O5. The predicted molar refractivity (Wildman–Crippen MR) is 162 cm³/mol. The van der Waals surface area contributed by atoms with E-state index in [9.17, 15) is 9.90 Å². The molecule has 0 amide bonds. The number of nitrogens with zero attached hydrogens (tertiary/aromatic N) is 5. The number of Topliss-reactive ketones (excluding diaryl/α,β-unsaturated/α-hetero) is 1. The number of carbonyl (C=O) groups is 1. The van der Waals surface area contributed by atoms with E-state index in [4.69, 9.17) is 14.2 Å². The average molecular weight is 582 g/mol. The molecule has 1 fully saturated rings. The van der Waals surface area contributed by atoms with Crippen molar-refractivity contribution in [3.8, 4) is 0 Å². The van der Waals surface area contributed by atoms with Gasteiger partial charge in [0.15, 0.2) is 0 Å². The van der Waals surface area contributed by atoms with Crippen molar-refractivity contribution in [3.63, 3.8) is 0 Å². The van der Waals surface area contributed by atoms with Crippen molar-refractivity contribution in [1.82, 2.24) is 24.8 Å². The third kappa shape index (κ3) is 12.4. The van der Waals surface area contributed by atoms with Crippen LogP contribution >= 0.6 is 0 Å². The van der Waals surface area contributed by atoms with Gasteiger partial charge in [-0.2, -0.15) is 0 Å². The summed E-state index contributed by atoms with van der Waals surface area (Å²) >= 11 is 0. The van der Waals surface area contributed by atoms with Crippen LogP contribution in [0.5, 0.6) is 0 Å². The lowest BCUT2D eigenvalue weighted by atomic mass is 9.95. The van der Waals surface area contributed by atoms with Crippen molar-refractivity contribution in [2.24, 2.45) is 0 Å². The number of aliphatic hydroxyl groups excluding tert-OH is 1. The van der Waals surface area contributed by atoms with Crippen LogP contribution in [0.4, 0.5) is 0 Å². The topological polar surface area (TPSA) is 102 Å². The summed E-state index contributed by atoms with van der Waals surface area (Å²) in [6, 6.07) is 0.630. The number of ether oxygens (including phenoxy) is 3. The number of carbonyl (C=O) groups excluding carboxylic acids is 1. The van der Waals surface area contributed by atoms with Crippen LogP contribution < -0.4 is 0 Å². The second-order valence-corrected chi connectivity index (χ2v) is 13.8. The molecule has 0 aromatic carbocycles. The zero-order chi connectivity index (χ0) is 30.8. The van der Waals surface area contributed by atoms with Crippen LogP contribution in [0.3, 0.4) is 0 Å². The number of aliphatic hydroxyl groups is 1. The van der Waals surface area contributed by atoms with Gasteiger partial charge >= 0.3 is 0 Å². The van der Waals surface area contributed by atoms with Gasteiger partial charge in [-0.3, -0.25) is 14.6 Å². The number of piperazine rings is 1. The fourth-order valence-corrected chi connectivity index (χ4v) is 5.30. The summed E-state index contributed by atoms with van der Waals surface area (Å²) in [4.78, 5) is 16.7. The van der Waals surface area contributed by atoms with Gasteiger partial charge in [0.05, 0.1) is 49.4 Å². The summed E-state index contributed by atoms with van der Waals surface area (Å²) in [6.45, 7) is 26.0. The van der Waals surface area contributed by atoms with E-state index >= 15 is 0 Å². The highest BCUT2D eigenvalue weighted by molar-refractivity contribution is 5.78. The number of hydrogen-bond donors (Lipinski definition) is 1. The first-order valence-corrected chi connectivity index (χ1v) is 15.5. The van der Waals surface area contributed by atoms with Gasteiger partial charge in [-0.15, -0.1) is 5.10 Å². The fraction of sp³-hybridized carbons (Fsp3) is 0.903. The molecule has 0 bridgehead atoms. The van der Waals surface area contributed by atoms with Crippen molar-refractivity contribution in [2.75, 3.05) is 46.1 Å². The van der Waals surface area contributed by atoms with Crippen LogP contribution in [0.1, 0.15) is 94.2 Å². The Kier molecular flexibility index (Phi) is 13.8. The zero-order valence-corrected chi connectivity index (χ0v) is 27.6. The van der Waals surface area contributed by atoms with Gasteiger partial charge in [0.2, 0.25) is 0 Å². The van der Waals surface area contributed by atoms with E-state index < -0.39 is 11.2 Å². The zero-order valence-electron chi connectivity index (χ0n) is 27.6. The van der Waals surface area contributed by atoms with Crippen LogP contribution in [0, 0.1) is 0 Å². The fourth-order valence-electron chi connectivity index (χ4n) is 5.30. The molecule has 1 aromatic rings. The quantitative estimate of drug-likeness (QED) is 0.262. The summed E-state index contributed by atoms with van der Waals surface area (Å²) in [5, 5.41) is 18.5. The Labute approximate surface area is 249 Å². The van der Waals surface area contributed by atoms with Gasteiger partial charge in [-0.25, -0.2) is 4.68 Å². The minimum atomic E-state index is -0.505. The highest BCUT2D eigenvalue weighted by Crippen LogP contribution is 2.25. The summed E-state index contributed by atoms with van der Waals surface area (Å²) < 4.78 is 20.1. The Morgan fingerprint density at radius 2 is 1.78 bits per heavy atom. The van der Waals surface area contributed by atoms with Crippen LogP contribution in [-0.2, 0) is 32.0 Å². The van der Waals surface area contributed by atoms with Crippen LogP contribution in [0.2, 0.25) is 0 Å². The molecule has 10 heteroatoms. The van der Waals surface area contributed by atoms with Crippen LogP contribution in [-0.4, -0.2) is 117 Å². The summed E-state index contributed by atoms with van der Waals surface area (Å²) in [5.74, 6) is 0.201. The molecule has 1 N–H and O–H groups in total. The SMILES string of the molecule is CCC(=O)CC(C)(C)OCC(C)(C)OCCn1cc(CC(C)OCCC(C)(C)N2CCN(C(C)C)C(CO)C2)nn1. The van der Waals surface area contributed by atoms with E-state index in [2.05, 4.69) is 54.7 Å².